The molecule has 0 radical (unpaired) electrons. The van der Waals surface area contributed by atoms with Crippen LogP contribution in [0.4, 0.5) is 0 Å². The number of nitrogens with one attached hydrogen (secondary N) is 3. The Morgan fingerprint density at radius 1 is 1.55 bits per heavy atom. The number of fused-ring (bicyclic) bond motifs is 1. The number of nitrogens with zero attached hydrogens (tertiary/aromatic N) is 1. The number of carbonyl (C=O) groups is 1. The summed E-state index contributed by atoms with van der Waals surface area (Å²) in [5, 5.41) is 7.23. The Hall–Kier alpha value is -1.40. The lowest BCUT2D eigenvalue weighted by molar-refractivity contribution is 0.0946. The number of amides is 1. The van der Waals surface area contributed by atoms with Crippen molar-refractivity contribution < 1.29 is 4.79 Å². The van der Waals surface area contributed by atoms with E-state index in [0.29, 0.717) is 11.5 Å². The number of aromatic nitrogens is 2. The van der Waals surface area contributed by atoms with Crippen molar-refractivity contribution in [1.29, 1.82) is 0 Å². The number of pyridine rings is 1. The van der Waals surface area contributed by atoms with E-state index in [2.05, 4.69) is 36.5 Å². The van der Waals surface area contributed by atoms with Crippen LogP contribution in [-0.4, -0.2) is 35.5 Å². The highest BCUT2D eigenvalue weighted by molar-refractivity contribution is 9.10. The first-order chi connectivity index (χ1) is 9.74. The molecule has 1 aliphatic heterocycles. The number of hydrogen-bond acceptors (Lipinski definition) is 3. The Bertz CT molecular complexity index is 619. The van der Waals surface area contributed by atoms with Crippen molar-refractivity contribution in [3.63, 3.8) is 0 Å². The zero-order valence-electron chi connectivity index (χ0n) is 11.1. The fraction of sp³-hybridized carbons (Fsp3) is 0.429. The lowest BCUT2D eigenvalue weighted by atomic mass is 10.00. The minimum absolute atomic E-state index is 0.0401. The molecule has 1 saturated heterocycles. The summed E-state index contributed by atoms with van der Waals surface area (Å²) in [6.45, 7) is 2.80. The van der Waals surface area contributed by atoms with Gasteiger partial charge in [0.2, 0.25) is 0 Å². The number of piperidine rings is 1. The van der Waals surface area contributed by atoms with Crippen molar-refractivity contribution in [2.45, 2.75) is 12.8 Å². The number of aromatic amines is 1. The Labute approximate surface area is 125 Å². The van der Waals surface area contributed by atoms with Gasteiger partial charge in [-0.3, -0.25) is 4.79 Å². The number of halogens is 1. The number of H-pyrrole nitrogens is 1. The molecule has 0 aromatic carbocycles. The van der Waals surface area contributed by atoms with Crippen LogP contribution >= 0.6 is 15.9 Å². The SMILES string of the molecule is O=C(NCC1CCCNC1)c1c[nH]c2ncc(Br)cc12. The molecule has 3 N–H and O–H groups in total. The molecule has 0 spiro atoms. The van der Waals surface area contributed by atoms with Gasteiger partial charge in [-0.25, -0.2) is 4.98 Å². The van der Waals surface area contributed by atoms with E-state index in [4.69, 9.17) is 0 Å². The predicted octanol–water partition coefficient (Wildman–Crippen LogP) is 2.05. The summed E-state index contributed by atoms with van der Waals surface area (Å²) in [6.07, 6.45) is 5.80. The van der Waals surface area contributed by atoms with Crippen molar-refractivity contribution in [3.05, 3.63) is 28.5 Å². The molecule has 1 aliphatic rings. The Morgan fingerprint density at radius 3 is 3.25 bits per heavy atom. The monoisotopic (exact) mass is 336 g/mol. The molecule has 106 valence electrons. The lowest BCUT2D eigenvalue weighted by Crippen LogP contribution is -2.38. The first-order valence-corrected chi connectivity index (χ1v) is 7.65. The third-order valence-corrected chi connectivity index (χ3v) is 4.13. The molecule has 0 saturated carbocycles. The van der Waals surface area contributed by atoms with Crippen LogP contribution in [0, 0.1) is 5.92 Å². The average Bonchev–Trinajstić information content (AvgIpc) is 2.89. The van der Waals surface area contributed by atoms with Gasteiger partial charge in [0.1, 0.15) is 5.65 Å². The van der Waals surface area contributed by atoms with Gasteiger partial charge >= 0.3 is 0 Å². The third kappa shape index (κ3) is 2.86. The molecule has 1 amide bonds. The second kappa shape index (κ2) is 5.93. The standard InChI is InChI=1S/C14H17BrN4O/c15-10-4-11-12(8-18-13(11)17-7-10)14(20)19-6-9-2-1-3-16-5-9/h4,7-9,16H,1-3,5-6H2,(H,17,18)(H,19,20). The zero-order chi connectivity index (χ0) is 13.9. The maximum atomic E-state index is 12.3. The minimum atomic E-state index is -0.0401. The van der Waals surface area contributed by atoms with Gasteiger partial charge < -0.3 is 15.6 Å². The molecule has 6 heteroatoms. The van der Waals surface area contributed by atoms with E-state index in [1.54, 1.807) is 12.4 Å². The van der Waals surface area contributed by atoms with E-state index in [1.807, 2.05) is 6.07 Å². The fourth-order valence-corrected chi connectivity index (χ4v) is 2.93. The Balaban J connectivity index is 1.70. The molecular formula is C14H17BrN4O. The molecule has 1 unspecified atom stereocenters. The molecule has 20 heavy (non-hydrogen) atoms. The third-order valence-electron chi connectivity index (χ3n) is 3.69. The molecule has 3 rings (SSSR count). The van der Waals surface area contributed by atoms with Crippen LogP contribution in [0.15, 0.2) is 22.9 Å². The fourth-order valence-electron chi connectivity index (χ4n) is 2.60. The highest BCUT2D eigenvalue weighted by Gasteiger charge is 2.16. The number of hydrogen-bond donors (Lipinski definition) is 3. The molecule has 2 aromatic heterocycles. The molecule has 0 bridgehead atoms. The van der Waals surface area contributed by atoms with Crippen LogP contribution in [-0.2, 0) is 0 Å². The van der Waals surface area contributed by atoms with E-state index in [9.17, 15) is 4.79 Å². The van der Waals surface area contributed by atoms with Crippen molar-refractivity contribution in [1.82, 2.24) is 20.6 Å². The highest BCUT2D eigenvalue weighted by atomic mass is 79.9. The van der Waals surface area contributed by atoms with Crippen LogP contribution in [0.1, 0.15) is 23.2 Å². The van der Waals surface area contributed by atoms with Crippen LogP contribution < -0.4 is 10.6 Å². The van der Waals surface area contributed by atoms with E-state index in [1.165, 1.54) is 12.8 Å². The number of rotatable bonds is 3. The summed E-state index contributed by atoms with van der Waals surface area (Å²) in [7, 11) is 0. The van der Waals surface area contributed by atoms with Gasteiger partial charge in [0.25, 0.3) is 5.91 Å². The number of carbonyl (C=O) groups excluding carboxylic acids is 1. The Morgan fingerprint density at radius 2 is 2.45 bits per heavy atom. The summed E-state index contributed by atoms with van der Waals surface area (Å²) in [5.41, 5.74) is 1.38. The first-order valence-electron chi connectivity index (χ1n) is 6.85. The topological polar surface area (TPSA) is 69.8 Å². The second-order valence-electron chi connectivity index (χ2n) is 5.17. The van der Waals surface area contributed by atoms with Gasteiger partial charge in [-0.1, -0.05) is 0 Å². The zero-order valence-corrected chi connectivity index (χ0v) is 12.7. The maximum absolute atomic E-state index is 12.3. The predicted molar refractivity (Wildman–Crippen MR) is 81.7 cm³/mol. The van der Waals surface area contributed by atoms with Crippen LogP contribution in [0.25, 0.3) is 11.0 Å². The van der Waals surface area contributed by atoms with E-state index in [0.717, 1.165) is 35.1 Å². The van der Waals surface area contributed by atoms with E-state index in [-0.39, 0.29) is 5.91 Å². The maximum Gasteiger partial charge on any atom is 0.253 e. The van der Waals surface area contributed by atoms with Gasteiger partial charge in [-0.2, -0.15) is 0 Å². The molecule has 2 aromatic rings. The van der Waals surface area contributed by atoms with Gasteiger partial charge in [0.05, 0.1) is 5.56 Å². The summed E-state index contributed by atoms with van der Waals surface area (Å²) in [4.78, 5) is 19.5. The largest absolute Gasteiger partial charge is 0.352 e. The molecule has 1 atom stereocenters. The van der Waals surface area contributed by atoms with E-state index >= 15 is 0 Å². The van der Waals surface area contributed by atoms with Crippen molar-refractivity contribution in [3.8, 4) is 0 Å². The average molecular weight is 337 g/mol. The van der Waals surface area contributed by atoms with Crippen LogP contribution in [0.5, 0.6) is 0 Å². The van der Waals surface area contributed by atoms with Gasteiger partial charge in [-0.15, -0.1) is 0 Å². The normalized spacial score (nSPS) is 19.1. The molecule has 5 nitrogen and oxygen atoms in total. The van der Waals surface area contributed by atoms with Crippen molar-refractivity contribution >= 4 is 32.9 Å². The summed E-state index contributed by atoms with van der Waals surface area (Å²) in [6, 6.07) is 1.91. The molecule has 3 heterocycles. The van der Waals surface area contributed by atoms with Gasteiger partial charge in [-0.05, 0) is 53.8 Å². The van der Waals surface area contributed by atoms with Gasteiger partial charge in [0.15, 0.2) is 0 Å². The summed E-state index contributed by atoms with van der Waals surface area (Å²) in [5.74, 6) is 0.490. The Kier molecular flexibility index (Phi) is 4.03. The quantitative estimate of drug-likeness (QED) is 0.803. The minimum Gasteiger partial charge on any atom is -0.352 e. The van der Waals surface area contributed by atoms with Crippen molar-refractivity contribution in [2.75, 3.05) is 19.6 Å². The first kappa shape index (κ1) is 13.6. The summed E-state index contributed by atoms with van der Waals surface area (Å²) >= 11 is 3.39. The van der Waals surface area contributed by atoms with Crippen molar-refractivity contribution in [2.24, 2.45) is 5.92 Å². The lowest BCUT2D eigenvalue weighted by Gasteiger charge is -2.22. The second-order valence-corrected chi connectivity index (χ2v) is 6.09. The highest BCUT2D eigenvalue weighted by Crippen LogP contribution is 2.20. The van der Waals surface area contributed by atoms with Crippen LogP contribution in [0.2, 0.25) is 0 Å². The van der Waals surface area contributed by atoms with E-state index < -0.39 is 0 Å². The van der Waals surface area contributed by atoms with Crippen LogP contribution in [0.3, 0.4) is 0 Å². The molecular weight excluding hydrogens is 320 g/mol. The smallest absolute Gasteiger partial charge is 0.253 e. The van der Waals surface area contributed by atoms with Gasteiger partial charge in [0, 0.05) is 28.8 Å². The molecule has 0 aliphatic carbocycles. The summed E-state index contributed by atoms with van der Waals surface area (Å²) < 4.78 is 0.870. The molecule has 1 fully saturated rings.